The Kier molecular flexibility index (Phi) is 7.00. The molecule has 0 radical (unpaired) electrons. The molecule has 8 heteroatoms. The Morgan fingerprint density at radius 2 is 1.87 bits per heavy atom. The molecule has 1 aliphatic rings. The smallest absolute Gasteiger partial charge is 0.253 e. The first-order chi connectivity index (χ1) is 14.3. The van der Waals surface area contributed by atoms with Crippen LogP contribution in [0.15, 0.2) is 42.5 Å². The zero-order valence-electron chi connectivity index (χ0n) is 16.7. The van der Waals surface area contributed by atoms with Gasteiger partial charge in [0, 0.05) is 19.5 Å². The van der Waals surface area contributed by atoms with Crippen molar-refractivity contribution in [1.82, 2.24) is 5.32 Å². The number of hydrogen-bond acceptors (Lipinski definition) is 3. The molecule has 0 saturated carbocycles. The van der Waals surface area contributed by atoms with Crippen LogP contribution in [0.4, 0.5) is 11.4 Å². The third kappa shape index (κ3) is 4.94. The van der Waals surface area contributed by atoms with Crippen molar-refractivity contribution in [3.8, 4) is 0 Å². The molecule has 1 saturated heterocycles. The van der Waals surface area contributed by atoms with Crippen LogP contribution in [0.1, 0.15) is 30.6 Å². The fraction of sp³-hybridized carbons (Fsp3) is 0.318. The highest BCUT2D eigenvalue weighted by Crippen LogP contribution is 2.36. The van der Waals surface area contributed by atoms with E-state index in [0.29, 0.717) is 34.4 Å². The summed E-state index contributed by atoms with van der Waals surface area (Å²) in [5, 5.41) is 6.27. The minimum Gasteiger partial charge on any atom is -0.352 e. The van der Waals surface area contributed by atoms with E-state index in [4.69, 9.17) is 23.2 Å². The number of halogens is 2. The molecule has 1 aliphatic heterocycles. The van der Waals surface area contributed by atoms with Gasteiger partial charge in [-0.25, -0.2) is 0 Å². The summed E-state index contributed by atoms with van der Waals surface area (Å²) < 4.78 is 0. The Bertz CT molecular complexity index is 978. The SMILES string of the molecule is CC(C)CNC(=O)c1ccccc1NC(=O)[C@H]1CC(=O)N(c2cccc(Cl)c2Cl)C1. The van der Waals surface area contributed by atoms with Crippen LogP contribution < -0.4 is 15.5 Å². The fourth-order valence-electron chi connectivity index (χ4n) is 3.23. The third-order valence-corrected chi connectivity index (χ3v) is 5.63. The van der Waals surface area contributed by atoms with E-state index in [1.165, 1.54) is 4.90 Å². The lowest BCUT2D eigenvalue weighted by Crippen LogP contribution is -2.30. The van der Waals surface area contributed by atoms with Gasteiger partial charge in [-0.1, -0.05) is 55.2 Å². The second-order valence-electron chi connectivity index (χ2n) is 7.62. The predicted molar refractivity (Wildman–Crippen MR) is 119 cm³/mol. The van der Waals surface area contributed by atoms with E-state index in [1.54, 1.807) is 42.5 Å². The Hall–Kier alpha value is -2.57. The van der Waals surface area contributed by atoms with Gasteiger partial charge in [0.15, 0.2) is 0 Å². The molecule has 1 atom stereocenters. The van der Waals surface area contributed by atoms with E-state index in [2.05, 4.69) is 10.6 Å². The van der Waals surface area contributed by atoms with Crippen LogP contribution in [0.2, 0.25) is 10.0 Å². The molecule has 3 rings (SSSR count). The first kappa shape index (κ1) is 22.1. The van der Waals surface area contributed by atoms with Gasteiger partial charge in [0.2, 0.25) is 11.8 Å². The Morgan fingerprint density at radius 1 is 1.13 bits per heavy atom. The fourth-order valence-corrected chi connectivity index (χ4v) is 3.63. The number of carbonyl (C=O) groups excluding carboxylic acids is 3. The number of hydrogen-bond donors (Lipinski definition) is 2. The highest BCUT2D eigenvalue weighted by molar-refractivity contribution is 6.44. The maximum absolute atomic E-state index is 12.8. The second-order valence-corrected chi connectivity index (χ2v) is 8.40. The third-order valence-electron chi connectivity index (χ3n) is 4.82. The first-order valence-corrected chi connectivity index (χ1v) is 10.5. The van der Waals surface area contributed by atoms with Gasteiger partial charge >= 0.3 is 0 Å². The highest BCUT2D eigenvalue weighted by Gasteiger charge is 2.36. The predicted octanol–water partition coefficient (Wildman–Crippen LogP) is 4.37. The molecule has 1 fully saturated rings. The molecule has 6 nitrogen and oxygen atoms in total. The van der Waals surface area contributed by atoms with Crippen molar-refractivity contribution in [3.63, 3.8) is 0 Å². The summed E-state index contributed by atoms with van der Waals surface area (Å²) in [5.74, 6) is -1.05. The van der Waals surface area contributed by atoms with Crippen LogP contribution in [-0.4, -0.2) is 30.8 Å². The zero-order valence-corrected chi connectivity index (χ0v) is 18.3. The van der Waals surface area contributed by atoms with Crippen molar-refractivity contribution in [3.05, 3.63) is 58.1 Å². The van der Waals surface area contributed by atoms with Gasteiger partial charge in [0.05, 0.1) is 32.9 Å². The summed E-state index contributed by atoms with van der Waals surface area (Å²) in [6.07, 6.45) is 0.0520. The summed E-state index contributed by atoms with van der Waals surface area (Å²) in [7, 11) is 0. The number of nitrogens with one attached hydrogen (secondary N) is 2. The molecule has 0 unspecified atom stereocenters. The summed E-state index contributed by atoms with van der Waals surface area (Å²) in [5.41, 5.74) is 1.28. The van der Waals surface area contributed by atoms with Crippen molar-refractivity contribution in [1.29, 1.82) is 0 Å². The van der Waals surface area contributed by atoms with Crippen LogP contribution in [0, 0.1) is 11.8 Å². The summed E-state index contributed by atoms with van der Waals surface area (Å²) in [6, 6.07) is 11.8. The Labute approximate surface area is 185 Å². The molecule has 2 aromatic rings. The number of nitrogens with zero attached hydrogens (tertiary/aromatic N) is 1. The van der Waals surface area contributed by atoms with Gasteiger partial charge in [-0.15, -0.1) is 0 Å². The van der Waals surface area contributed by atoms with Crippen LogP contribution in [0.25, 0.3) is 0 Å². The van der Waals surface area contributed by atoms with Gasteiger partial charge in [-0.2, -0.15) is 0 Å². The molecule has 2 aromatic carbocycles. The number of benzene rings is 2. The molecule has 1 heterocycles. The number of rotatable bonds is 6. The normalized spacial score (nSPS) is 16.1. The average molecular weight is 448 g/mol. The minimum atomic E-state index is -0.570. The molecular weight excluding hydrogens is 425 g/mol. The van der Waals surface area contributed by atoms with Gasteiger partial charge in [-0.3, -0.25) is 14.4 Å². The van der Waals surface area contributed by atoms with E-state index >= 15 is 0 Å². The van der Waals surface area contributed by atoms with E-state index in [9.17, 15) is 14.4 Å². The molecule has 3 amide bonds. The lowest BCUT2D eigenvalue weighted by Gasteiger charge is -2.19. The molecule has 0 spiro atoms. The molecule has 0 aromatic heterocycles. The molecule has 30 heavy (non-hydrogen) atoms. The van der Waals surface area contributed by atoms with Crippen LogP contribution in [0.5, 0.6) is 0 Å². The number of carbonyl (C=O) groups is 3. The molecule has 0 bridgehead atoms. The minimum absolute atomic E-state index is 0.0520. The average Bonchev–Trinajstić information content (AvgIpc) is 3.10. The molecule has 0 aliphatic carbocycles. The van der Waals surface area contributed by atoms with Crippen molar-refractivity contribution in [2.45, 2.75) is 20.3 Å². The second kappa shape index (κ2) is 9.49. The van der Waals surface area contributed by atoms with Crippen LogP contribution in [0.3, 0.4) is 0 Å². The van der Waals surface area contributed by atoms with Crippen LogP contribution >= 0.6 is 23.2 Å². The maximum Gasteiger partial charge on any atom is 0.253 e. The molecule has 2 N–H and O–H groups in total. The monoisotopic (exact) mass is 447 g/mol. The number of anilines is 2. The largest absolute Gasteiger partial charge is 0.352 e. The molecular formula is C22H23Cl2N3O3. The van der Waals surface area contributed by atoms with Crippen molar-refractivity contribution < 1.29 is 14.4 Å². The summed E-state index contributed by atoms with van der Waals surface area (Å²) in [6.45, 7) is 4.73. The number of amides is 3. The number of para-hydroxylation sites is 1. The van der Waals surface area contributed by atoms with E-state index in [0.717, 1.165) is 0 Å². The van der Waals surface area contributed by atoms with Crippen molar-refractivity contribution in [2.75, 3.05) is 23.3 Å². The van der Waals surface area contributed by atoms with E-state index in [-0.39, 0.29) is 35.7 Å². The van der Waals surface area contributed by atoms with Gasteiger partial charge in [-0.05, 0) is 30.2 Å². The zero-order chi connectivity index (χ0) is 21.8. The first-order valence-electron chi connectivity index (χ1n) is 9.70. The van der Waals surface area contributed by atoms with Gasteiger partial charge in [0.1, 0.15) is 0 Å². The standard InChI is InChI=1S/C22H23Cl2N3O3/c1-13(2)11-25-22(30)15-6-3-4-8-17(15)26-21(29)14-10-19(28)27(12-14)18-9-5-7-16(23)20(18)24/h3-9,13-14H,10-12H2,1-2H3,(H,25,30)(H,26,29)/t14-/m0/s1. The lowest BCUT2D eigenvalue weighted by molar-refractivity contribution is -0.122. The molecule has 158 valence electrons. The van der Waals surface area contributed by atoms with Crippen molar-refractivity contribution in [2.24, 2.45) is 11.8 Å². The topological polar surface area (TPSA) is 78.5 Å². The van der Waals surface area contributed by atoms with Gasteiger partial charge < -0.3 is 15.5 Å². The van der Waals surface area contributed by atoms with Gasteiger partial charge in [0.25, 0.3) is 5.91 Å². The summed E-state index contributed by atoms with van der Waals surface area (Å²) in [4.78, 5) is 39.3. The van der Waals surface area contributed by atoms with E-state index < -0.39 is 5.92 Å². The summed E-state index contributed by atoms with van der Waals surface area (Å²) >= 11 is 12.3. The highest BCUT2D eigenvalue weighted by atomic mass is 35.5. The maximum atomic E-state index is 12.8. The Balaban J connectivity index is 1.72. The lowest BCUT2D eigenvalue weighted by atomic mass is 10.1. The van der Waals surface area contributed by atoms with Crippen LogP contribution in [-0.2, 0) is 9.59 Å². The Morgan fingerprint density at radius 3 is 2.60 bits per heavy atom. The van der Waals surface area contributed by atoms with E-state index in [1.807, 2.05) is 13.8 Å². The quantitative estimate of drug-likeness (QED) is 0.689. The van der Waals surface area contributed by atoms with Crippen molar-refractivity contribution >= 4 is 52.3 Å².